The standard InChI is InChI=1S/C15H21N3O2S/c1-2-8-18(15-6-7-17-11-15)21(19,20)12-14-5-3-4-13(9-14)10-16/h3-5,9,15,17H,2,6-8,11-12H2,1H3. The number of sulfonamides is 1. The maximum atomic E-state index is 12.7. The normalized spacial score (nSPS) is 18.8. The van der Waals surface area contributed by atoms with Crippen molar-refractivity contribution >= 4 is 10.0 Å². The van der Waals surface area contributed by atoms with Gasteiger partial charge in [-0.3, -0.25) is 0 Å². The molecule has 0 radical (unpaired) electrons. The highest BCUT2D eigenvalue weighted by Gasteiger charge is 2.31. The van der Waals surface area contributed by atoms with E-state index in [2.05, 4.69) is 5.32 Å². The van der Waals surface area contributed by atoms with E-state index in [4.69, 9.17) is 5.26 Å². The monoisotopic (exact) mass is 307 g/mol. The summed E-state index contributed by atoms with van der Waals surface area (Å²) in [5.41, 5.74) is 1.16. The van der Waals surface area contributed by atoms with Crippen molar-refractivity contribution in [2.24, 2.45) is 0 Å². The lowest BCUT2D eigenvalue weighted by molar-refractivity contribution is 0.334. The SMILES string of the molecule is CCCN(C1CCNC1)S(=O)(=O)Cc1cccc(C#N)c1. The molecule has 1 atom stereocenters. The van der Waals surface area contributed by atoms with Crippen molar-refractivity contribution in [3.8, 4) is 6.07 Å². The van der Waals surface area contributed by atoms with Gasteiger partial charge in [0, 0.05) is 19.1 Å². The first-order chi connectivity index (χ1) is 10.1. The van der Waals surface area contributed by atoms with Crippen LogP contribution >= 0.6 is 0 Å². The lowest BCUT2D eigenvalue weighted by Crippen LogP contribution is -2.42. The van der Waals surface area contributed by atoms with Crippen LogP contribution in [-0.2, 0) is 15.8 Å². The van der Waals surface area contributed by atoms with Crippen LogP contribution in [0.2, 0.25) is 0 Å². The van der Waals surface area contributed by atoms with E-state index in [1.807, 2.05) is 13.0 Å². The van der Waals surface area contributed by atoms with Crippen LogP contribution in [0, 0.1) is 11.3 Å². The van der Waals surface area contributed by atoms with Gasteiger partial charge < -0.3 is 5.32 Å². The predicted octanol–water partition coefficient (Wildman–Crippen LogP) is 1.46. The van der Waals surface area contributed by atoms with Crippen LogP contribution in [0.15, 0.2) is 24.3 Å². The zero-order valence-electron chi connectivity index (χ0n) is 12.2. The molecule has 0 bridgehead atoms. The molecule has 0 aromatic heterocycles. The van der Waals surface area contributed by atoms with E-state index < -0.39 is 10.0 Å². The van der Waals surface area contributed by atoms with E-state index in [-0.39, 0.29) is 11.8 Å². The summed E-state index contributed by atoms with van der Waals surface area (Å²) in [6, 6.07) is 8.91. The summed E-state index contributed by atoms with van der Waals surface area (Å²) in [7, 11) is -3.36. The van der Waals surface area contributed by atoms with Crippen LogP contribution in [0.5, 0.6) is 0 Å². The lowest BCUT2D eigenvalue weighted by atomic mass is 10.2. The van der Waals surface area contributed by atoms with Crippen LogP contribution in [0.1, 0.15) is 30.9 Å². The summed E-state index contributed by atoms with van der Waals surface area (Å²) >= 11 is 0. The van der Waals surface area contributed by atoms with Gasteiger partial charge in [0.05, 0.1) is 17.4 Å². The fourth-order valence-corrected chi connectivity index (χ4v) is 4.54. The minimum absolute atomic E-state index is 0.0426. The quantitative estimate of drug-likeness (QED) is 0.863. The van der Waals surface area contributed by atoms with Crippen molar-refractivity contribution in [1.82, 2.24) is 9.62 Å². The molecule has 1 aliphatic rings. The number of hydrogen-bond donors (Lipinski definition) is 1. The van der Waals surface area contributed by atoms with E-state index >= 15 is 0 Å². The molecule has 1 N–H and O–H groups in total. The Balaban J connectivity index is 2.19. The van der Waals surface area contributed by atoms with Crippen LogP contribution < -0.4 is 5.32 Å². The van der Waals surface area contributed by atoms with Crippen LogP contribution in [0.3, 0.4) is 0 Å². The third-order valence-corrected chi connectivity index (χ3v) is 5.54. The number of rotatable bonds is 6. The molecule has 2 rings (SSSR count). The maximum absolute atomic E-state index is 12.7. The molecular formula is C15H21N3O2S. The van der Waals surface area contributed by atoms with Gasteiger partial charge in [0.15, 0.2) is 0 Å². The molecule has 21 heavy (non-hydrogen) atoms. The first kappa shape index (κ1) is 16.0. The predicted molar refractivity (Wildman–Crippen MR) is 82.1 cm³/mol. The Morgan fingerprint density at radius 2 is 2.29 bits per heavy atom. The van der Waals surface area contributed by atoms with Gasteiger partial charge in [0.1, 0.15) is 0 Å². The Morgan fingerprint density at radius 1 is 1.48 bits per heavy atom. The second-order valence-corrected chi connectivity index (χ2v) is 7.25. The Kier molecular flexibility index (Phi) is 5.34. The molecule has 1 heterocycles. The fourth-order valence-electron chi connectivity index (χ4n) is 2.68. The molecule has 1 fully saturated rings. The second kappa shape index (κ2) is 7.03. The van der Waals surface area contributed by atoms with Crippen LogP contribution in [0.25, 0.3) is 0 Å². The minimum atomic E-state index is -3.36. The van der Waals surface area contributed by atoms with Gasteiger partial charge in [-0.1, -0.05) is 19.1 Å². The van der Waals surface area contributed by atoms with Gasteiger partial charge in [0.2, 0.25) is 10.0 Å². The van der Waals surface area contributed by atoms with Gasteiger partial charge in [-0.2, -0.15) is 9.57 Å². The van der Waals surface area contributed by atoms with E-state index in [1.165, 1.54) is 0 Å². The van der Waals surface area contributed by atoms with Crippen LogP contribution in [0.4, 0.5) is 0 Å². The number of nitrogens with one attached hydrogen (secondary N) is 1. The van der Waals surface area contributed by atoms with Gasteiger partial charge in [0.25, 0.3) is 0 Å². The Hall–Kier alpha value is -1.42. The molecule has 0 aliphatic carbocycles. The number of nitrogens with zero attached hydrogens (tertiary/aromatic N) is 2. The summed E-state index contributed by atoms with van der Waals surface area (Å²) in [5, 5.41) is 12.1. The van der Waals surface area contributed by atoms with E-state index in [0.717, 1.165) is 25.9 Å². The van der Waals surface area contributed by atoms with Gasteiger partial charge in [-0.05, 0) is 37.1 Å². The highest BCUT2D eigenvalue weighted by Crippen LogP contribution is 2.18. The zero-order chi connectivity index (χ0) is 15.3. The van der Waals surface area contributed by atoms with Crippen molar-refractivity contribution in [2.45, 2.75) is 31.6 Å². The summed E-state index contributed by atoms with van der Waals surface area (Å²) in [6.07, 6.45) is 1.66. The summed E-state index contributed by atoms with van der Waals surface area (Å²) in [5.74, 6) is -0.0426. The van der Waals surface area contributed by atoms with Crippen molar-refractivity contribution in [1.29, 1.82) is 5.26 Å². The molecular weight excluding hydrogens is 286 g/mol. The van der Waals surface area contributed by atoms with E-state index in [1.54, 1.807) is 28.6 Å². The highest BCUT2D eigenvalue weighted by molar-refractivity contribution is 7.88. The molecule has 1 aromatic carbocycles. The van der Waals surface area contributed by atoms with Gasteiger partial charge in [-0.25, -0.2) is 8.42 Å². The molecule has 5 nitrogen and oxygen atoms in total. The van der Waals surface area contributed by atoms with Crippen LogP contribution in [-0.4, -0.2) is 38.4 Å². The average Bonchev–Trinajstić information content (AvgIpc) is 2.98. The highest BCUT2D eigenvalue weighted by atomic mass is 32.2. The zero-order valence-corrected chi connectivity index (χ0v) is 13.1. The van der Waals surface area contributed by atoms with Crippen molar-refractivity contribution < 1.29 is 8.42 Å². The largest absolute Gasteiger partial charge is 0.315 e. The number of benzene rings is 1. The first-order valence-electron chi connectivity index (χ1n) is 7.26. The van der Waals surface area contributed by atoms with Gasteiger partial charge in [-0.15, -0.1) is 0 Å². The average molecular weight is 307 g/mol. The third kappa shape index (κ3) is 4.03. The second-order valence-electron chi connectivity index (χ2n) is 5.33. The molecule has 1 saturated heterocycles. The number of nitriles is 1. The molecule has 1 aliphatic heterocycles. The van der Waals surface area contributed by atoms with Crippen molar-refractivity contribution in [2.75, 3.05) is 19.6 Å². The molecule has 0 spiro atoms. The molecule has 1 unspecified atom stereocenters. The third-order valence-electron chi connectivity index (χ3n) is 3.65. The van der Waals surface area contributed by atoms with E-state index in [9.17, 15) is 8.42 Å². The first-order valence-corrected chi connectivity index (χ1v) is 8.87. The summed E-state index contributed by atoms with van der Waals surface area (Å²) < 4.78 is 27.0. The number of hydrogen-bond acceptors (Lipinski definition) is 4. The molecule has 0 amide bonds. The Morgan fingerprint density at radius 3 is 2.90 bits per heavy atom. The topological polar surface area (TPSA) is 73.2 Å². The Bertz CT molecular complexity index is 616. The molecule has 6 heteroatoms. The fraction of sp³-hybridized carbons (Fsp3) is 0.533. The minimum Gasteiger partial charge on any atom is -0.315 e. The summed E-state index contributed by atoms with van der Waals surface area (Å²) in [4.78, 5) is 0. The maximum Gasteiger partial charge on any atom is 0.218 e. The van der Waals surface area contributed by atoms with Crippen molar-refractivity contribution in [3.05, 3.63) is 35.4 Å². The molecule has 1 aromatic rings. The van der Waals surface area contributed by atoms with Gasteiger partial charge >= 0.3 is 0 Å². The lowest BCUT2D eigenvalue weighted by Gasteiger charge is -2.27. The van der Waals surface area contributed by atoms with Crippen molar-refractivity contribution in [3.63, 3.8) is 0 Å². The molecule has 0 saturated carbocycles. The van der Waals surface area contributed by atoms with E-state index in [0.29, 0.717) is 17.7 Å². The smallest absolute Gasteiger partial charge is 0.218 e. The summed E-state index contributed by atoms with van der Waals surface area (Å²) in [6.45, 7) is 4.12. The molecule has 114 valence electrons. The Labute approximate surface area is 126 Å².